The second-order valence-corrected chi connectivity index (χ2v) is 4.44. The number of nitrogens with zero attached hydrogens (tertiary/aromatic N) is 1. The van der Waals surface area contributed by atoms with Gasteiger partial charge in [-0.2, -0.15) is 0 Å². The maximum Gasteiger partial charge on any atom is 0.334 e. The Bertz CT molecular complexity index is 462. The summed E-state index contributed by atoms with van der Waals surface area (Å²) in [6.45, 7) is 2.00. The number of phenols is 1. The summed E-state index contributed by atoms with van der Waals surface area (Å²) in [6.07, 6.45) is -0.777. The van der Waals surface area contributed by atoms with Crippen LogP contribution < -0.4 is 4.74 Å². The van der Waals surface area contributed by atoms with Crippen LogP contribution in [0, 0.1) is 0 Å². The second-order valence-electron chi connectivity index (χ2n) is 4.44. The van der Waals surface area contributed by atoms with E-state index in [-0.39, 0.29) is 5.75 Å². The number of morpholine rings is 1. The topological polar surface area (TPSA) is 79.2 Å². The van der Waals surface area contributed by atoms with E-state index in [1.165, 1.54) is 7.11 Å². The van der Waals surface area contributed by atoms with Crippen LogP contribution in [0.1, 0.15) is 5.56 Å². The van der Waals surface area contributed by atoms with E-state index in [2.05, 4.69) is 0 Å². The first kappa shape index (κ1) is 13.6. The van der Waals surface area contributed by atoms with Crippen LogP contribution in [0.4, 0.5) is 0 Å². The lowest BCUT2D eigenvalue weighted by Crippen LogP contribution is -2.45. The van der Waals surface area contributed by atoms with Crippen LogP contribution in [0.15, 0.2) is 18.2 Å². The number of phenolic OH excluding ortho intramolecular Hbond substituents is 1. The van der Waals surface area contributed by atoms with Crippen LogP contribution >= 0.6 is 0 Å². The molecule has 1 atom stereocenters. The number of carboxylic acids is 1. The van der Waals surface area contributed by atoms with Gasteiger partial charge in [0.25, 0.3) is 0 Å². The Kier molecular flexibility index (Phi) is 4.24. The van der Waals surface area contributed by atoms with Gasteiger partial charge < -0.3 is 19.7 Å². The predicted octanol–water partition coefficient (Wildman–Crippen LogP) is 0.686. The van der Waals surface area contributed by atoms with Gasteiger partial charge in [0.2, 0.25) is 0 Å². The van der Waals surface area contributed by atoms with Gasteiger partial charge in [0.05, 0.1) is 13.7 Å². The Balaban J connectivity index is 2.00. The number of carbonyl (C=O) groups is 1. The van der Waals surface area contributed by atoms with Gasteiger partial charge in [0.15, 0.2) is 17.6 Å². The van der Waals surface area contributed by atoms with E-state index in [0.717, 1.165) is 5.56 Å². The molecule has 0 spiro atoms. The summed E-state index contributed by atoms with van der Waals surface area (Å²) < 4.78 is 10.1. The molecule has 0 aromatic heterocycles. The molecule has 1 fully saturated rings. The summed E-state index contributed by atoms with van der Waals surface area (Å²) in [7, 11) is 1.49. The zero-order valence-electron chi connectivity index (χ0n) is 10.7. The molecule has 0 amide bonds. The standard InChI is InChI=1S/C13H17NO5/c1-18-11-3-2-9(6-10(11)15)7-14-4-5-19-12(8-14)13(16)17/h2-3,6,12,15H,4-5,7-8H2,1H3,(H,16,17). The van der Waals surface area contributed by atoms with Crippen LogP contribution in [-0.4, -0.2) is 54.0 Å². The number of methoxy groups -OCH3 is 1. The van der Waals surface area contributed by atoms with Crippen molar-refractivity contribution in [1.29, 1.82) is 0 Å². The average Bonchev–Trinajstić information content (AvgIpc) is 2.39. The summed E-state index contributed by atoms with van der Waals surface area (Å²) in [5.41, 5.74) is 0.907. The minimum absolute atomic E-state index is 0.0862. The van der Waals surface area contributed by atoms with Crippen LogP contribution in [-0.2, 0) is 16.1 Å². The highest BCUT2D eigenvalue weighted by molar-refractivity contribution is 5.72. The minimum atomic E-state index is -0.942. The first-order valence-corrected chi connectivity index (χ1v) is 6.03. The van der Waals surface area contributed by atoms with Crippen molar-refractivity contribution in [2.24, 2.45) is 0 Å². The highest BCUT2D eigenvalue weighted by Crippen LogP contribution is 2.27. The molecular weight excluding hydrogens is 250 g/mol. The zero-order chi connectivity index (χ0) is 13.8. The molecular formula is C13H17NO5. The maximum absolute atomic E-state index is 10.9. The van der Waals surface area contributed by atoms with Gasteiger partial charge in [-0.15, -0.1) is 0 Å². The van der Waals surface area contributed by atoms with Crippen molar-refractivity contribution < 1.29 is 24.5 Å². The smallest absolute Gasteiger partial charge is 0.334 e. The summed E-state index contributed by atoms with van der Waals surface area (Å²) in [5.74, 6) is -0.431. The molecule has 1 aliphatic rings. The average molecular weight is 267 g/mol. The van der Waals surface area contributed by atoms with Crippen LogP contribution in [0.25, 0.3) is 0 Å². The molecule has 1 saturated heterocycles. The van der Waals surface area contributed by atoms with E-state index in [9.17, 15) is 9.90 Å². The van der Waals surface area contributed by atoms with E-state index in [0.29, 0.717) is 32.0 Å². The van der Waals surface area contributed by atoms with E-state index in [4.69, 9.17) is 14.6 Å². The molecule has 1 heterocycles. The largest absolute Gasteiger partial charge is 0.504 e. The monoisotopic (exact) mass is 267 g/mol. The number of aromatic hydroxyl groups is 1. The first-order valence-electron chi connectivity index (χ1n) is 6.03. The number of carboxylic acid groups (broad SMARTS) is 1. The molecule has 19 heavy (non-hydrogen) atoms. The molecule has 6 heteroatoms. The molecule has 1 aromatic rings. The van der Waals surface area contributed by atoms with Gasteiger partial charge in [0.1, 0.15) is 0 Å². The Morgan fingerprint density at radius 1 is 1.58 bits per heavy atom. The molecule has 1 aliphatic heterocycles. The molecule has 2 rings (SSSR count). The summed E-state index contributed by atoms with van der Waals surface area (Å²) in [5, 5.41) is 18.6. The zero-order valence-corrected chi connectivity index (χ0v) is 10.7. The van der Waals surface area contributed by atoms with Crippen LogP contribution in [0.5, 0.6) is 11.5 Å². The van der Waals surface area contributed by atoms with Crippen molar-refractivity contribution in [1.82, 2.24) is 4.90 Å². The molecule has 0 aliphatic carbocycles. The van der Waals surface area contributed by atoms with E-state index in [1.54, 1.807) is 12.1 Å². The third-order valence-electron chi connectivity index (χ3n) is 3.08. The van der Waals surface area contributed by atoms with Crippen molar-refractivity contribution in [3.63, 3.8) is 0 Å². The number of rotatable bonds is 4. The molecule has 6 nitrogen and oxygen atoms in total. The Morgan fingerprint density at radius 3 is 3.00 bits per heavy atom. The SMILES string of the molecule is COc1ccc(CN2CCOC(C(=O)O)C2)cc1O. The predicted molar refractivity (Wildman–Crippen MR) is 67.3 cm³/mol. The lowest BCUT2D eigenvalue weighted by Gasteiger charge is -2.30. The van der Waals surface area contributed by atoms with Gasteiger partial charge in [-0.3, -0.25) is 4.90 Å². The van der Waals surface area contributed by atoms with Crippen LogP contribution in [0.3, 0.4) is 0 Å². The van der Waals surface area contributed by atoms with Crippen molar-refractivity contribution >= 4 is 5.97 Å². The molecule has 1 aromatic carbocycles. The van der Waals surface area contributed by atoms with E-state index in [1.807, 2.05) is 11.0 Å². The fourth-order valence-corrected chi connectivity index (χ4v) is 2.09. The quantitative estimate of drug-likeness (QED) is 0.835. The van der Waals surface area contributed by atoms with Gasteiger partial charge in [0, 0.05) is 19.6 Å². The van der Waals surface area contributed by atoms with Crippen molar-refractivity contribution in [3.05, 3.63) is 23.8 Å². The number of hydrogen-bond acceptors (Lipinski definition) is 5. The lowest BCUT2D eigenvalue weighted by atomic mass is 10.1. The normalized spacial score (nSPS) is 20.2. The van der Waals surface area contributed by atoms with Crippen molar-refractivity contribution in [2.75, 3.05) is 26.8 Å². The molecule has 0 bridgehead atoms. The Labute approximate surface area is 111 Å². The molecule has 0 radical (unpaired) electrons. The Morgan fingerprint density at radius 2 is 2.37 bits per heavy atom. The molecule has 0 saturated carbocycles. The van der Waals surface area contributed by atoms with Gasteiger partial charge in [-0.1, -0.05) is 6.07 Å². The number of benzene rings is 1. The molecule has 2 N–H and O–H groups in total. The fourth-order valence-electron chi connectivity index (χ4n) is 2.09. The lowest BCUT2D eigenvalue weighted by molar-refractivity contribution is -0.156. The highest BCUT2D eigenvalue weighted by Gasteiger charge is 2.26. The highest BCUT2D eigenvalue weighted by atomic mass is 16.5. The van der Waals surface area contributed by atoms with Crippen LogP contribution in [0.2, 0.25) is 0 Å². The van der Waals surface area contributed by atoms with E-state index >= 15 is 0 Å². The van der Waals surface area contributed by atoms with Gasteiger partial charge in [-0.05, 0) is 17.7 Å². The Hall–Kier alpha value is -1.79. The summed E-state index contributed by atoms with van der Waals surface area (Å²) in [4.78, 5) is 12.9. The third kappa shape index (κ3) is 3.36. The number of hydrogen-bond donors (Lipinski definition) is 2. The van der Waals surface area contributed by atoms with Gasteiger partial charge in [-0.25, -0.2) is 4.79 Å². The van der Waals surface area contributed by atoms with Gasteiger partial charge >= 0.3 is 5.97 Å². The molecule has 1 unspecified atom stereocenters. The number of aliphatic carboxylic acids is 1. The second kappa shape index (κ2) is 5.90. The summed E-state index contributed by atoms with van der Waals surface area (Å²) in [6, 6.07) is 5.17. The third-order valence-corrected chi connectivity index (χ3v) is 3.08. The fraction of sp³-hybridized carbons (Fsp3) is 0.462. The first-order chi connectivity index (χ1) is 9.10. The van der Waals surface area contributed by atoms with Crippen molar-refractivity contribution in [2.45, 2.75) is 12.6 Å². The summed E-state index contributed by atoms with van der Waals surface area (Å²) >= 11 is 0. The van der Waals surface area contributed by atoms with Crippen molar-refractivity contribution in [3.8, 4) is 11.5 Å². The number of ether oxygens (including phenoxy) is 2. The van der Waals surface area contributed by atoms with E-state index < -0.39 is 12.1 Å². The molecule has 104 valence electrons. The minimum Gasteiger partial charge on any atom is -0.504 e. The maximum atomic E-state index is 10.9.